The van der Waals surface area contributed by atoms with Crippen LogP contribution in [0.2, 0.25) is 0 Å². The summed E-state index contributed by atoms with van der Waals surface area (Å²) in [6.45, 7) is 0.333. The van der Waals surface area contributed by atoms with Crippen molar-refractivity contribution < 1.29 is 14.3 Å². The van der Waals surface area contributed by atoms with Gasteiger partial charge in [-0.3, -0.25) is 0 Å². The van der Waals surface area contributed by atoms with E-state index in [2.05, 4.69) is 0 Å². The summed E-state index contributed by atoms with van der Waals surface area (Å²) in [6, 6.07) is 14.7. The Balaban J connectivity index is 1.93. The summed E-state index contributed by atoms with van der Waals surface area (Å²) in [5, 5.41) is 0. The molecule has 0 spiro atoms. The number of benzene rings is 2. The van der Waals surface area contributed by atoms with Crippen LogP contribution in [0.3, 0.4) is 0 Å². The number of carbonyl (C=O) groups excluding carboxylic acids is 1. The van der Waals surface area contributed by atoms with E-state index in [1.165, 1.54) is 7.11 Å². The van der Waals surface area contributed by atoms with E-state index in [1.54, 1.807) is 18.2 Å². The molecule has 0 amide bonds. The van der Waals surface area contributed by atoms with Gasteiger partial charge in [0.05, 0.1) is 19.3 Å². The zero-order valence-electron chi connectivity index (χ0n) is 11.3. The molecule has 0 saturated heterocycles. The first-order valence-electron chi connectivity index (χ1n) is 6.34. The zero-order chi connectivity index (χ0) is 14.4. The van der Waals surface area contributed by atoms with Crippen molar-refractivity contribution in [3.8, 4) is 5.75 Å². The van der Waals surface area contributed by atoms with Gasteiger partial charge in [-0.25, -0.2) is 4.79 Å². The minimum Gasteiger partial charge on any atom is -0.497 e. The molecule has 4 heteroatoms. The lowest BCUT2D eigenvalue weighted by Crippen LogP contribution is -2.09. The Morgan fingerprint density at radius 1 is 1.15 bits per heavy atom. The first kappa shape index (κ1) is 13.9. The molecule has 0 bridgehead atoms. The standard InChI is InChI=1S/C16H17NO3/c1-19-15-10-13(9-14(17)11-15)16(18)20-8-7-12-5-3-2-4-6-12/h2-6,9-11H,7-8,17H2,1H3. The van der Waals surface area contributed by atoms with Crippen molar-refractivity contribution in [2.24, 2.45) is 0 Å². The topological polar surface area (TPSA) is 61.5 Å². The summed E-state index contributed by atoms with van der Waals surface area (Å²) < 4.78 is 10.3. The molecule has 104 valence electrons. The van der Waals surface area contributed by atoms with Crippen molar-refractivity contribution >= 4 is 11.7 Å². The molecule has 2 aromatic carbocycles. The third-order valence-corrected chi connectivity index (χ3v) is 2.87. The van der Waals surface area contributed by atoms with E-state index in [-0.39, 0.29) is 0 Å². The maximum absolute atomic E-state index is 11.9. The molecule has 0 fully saturated rings. The molecule has 4 nitrogen and oxygen atoms in total. The Bertz CT molecular complexity index is 582. The highest BCUT2D eigenvalue weighted by atomic mass is 16.5. The Hall–Kier alpha value is -2.49. The second-order valence-corrected chi connectivity index (χ2v) is 4.37. The van der Waals surface area contributed by atoms with Gasteiger partial charge in [0.25, 0.3) is 0 Å². The van der Waals surface area contributed by atoms with Gasteiger partial charge in [-0.2, -0.15) is 0 Å². The van der Waals surface area contributed by atoms with Crippen LogP contribution in [0.4, 0.5) is 5.69 Å². The van der Waals surface area contributed by atoms with Crippen molar-refractivity contribution in [2.45, 2.75) is 6.42 Å². The van der Waals surface area contributed by atoms with E-state index in [4.69, 9.17) is 15.2 Å². The smallest absolute Gasteiger partial charge is 0.338 e. The van der Waals surface area contributed by atoms with Gasteiger partial charge in [0, 0.05) is 18.2 Å². The van der Waals surface area contributed by atoms with E-state index in [9.17, 15) is 4.79 Å². The fourth-order valence-corrected chi connectivity index (χ4v) is 1.85. The van der Waals surface area contributed by atoms with Crippen molar-refractivity contribution in [3.05, 3.63) is 59.7 Å². The Morgan fingerprint density at radius 3 is 2.60 bits per heavy atom. The molecule has 0 aliphatic rings. The highest BCUT2D eigenvalue weighted by Crippen LogP contribution is 2.19. The Kier molecular flexibility index (Phi) is 4.60. The molecule has 0 atom stereocenters. The van der Waals surface area contributed by atoms with Gasteiger partial charge in [0.2, 0.25) is 0 Å². The molecule has 2 rings (SSSR count). The monoisotopic (exact) mass is 271 g/mol. The van der Waals surface area contributed by atoms with E-state index in [1.807, 2.05) is 30.3 Å². The van der Waals surface area contributed by atoms with E-state index in [0.29, 0.717) is 30.0 Å². The molecule has 0 aromatic heterocycles. The highest BCUT2D eigenvalue weighted by Gasteiger charge is 2.09. The van der Waals surface area contributed by atoms with Gasteiger partial charge in [0.15, 0.2) is 0 Å². The number of rotatable bonds is 5. The van der Waals surface area contributed by atoms with E-state index >= 15 is 0 Å². The second-order valence-electron chi connectivity index (χ2n) is 4.37. The molecule has 2 N–H and O–H groups in total. The van der Waals surface area contributed by atoms with Crippen LogP contribution in [0.15, 0.2) is 48.5 Å². The molecule has 0 aliphatic heterocycles. The average molecular weight is 271 g/mol. The van der Waals surface area contributed by atoms with Crippen molar-refractivity contribution in [1.29, 1.82) is 0 Å². The van der Waals surface area contributed by atoms with Gasteiger partial charge < -0.3 is 15.2 Å². The van der Waals surface area contributed by atoms with Crippen molar-refractivity contribution in [1.82, 2.24) is 0 Å². The summed E-state index contributed by atoms with van der Waals surface area (Å²) >= 11 is 0. The van der Waals surface area contributed by atoms with Crippen LogP contribution in [-0.2, 0) is 11.2 Å². The van der Waals surface area contributed by atoms with E-state index in [0.717, 1.165) is 5.56 Å². The zero-order valence-corrected chi connectivity index (χ0v) is 11.3. The van der Waals surface area contributed by atoms with Gasteiger partial charge in [-0.15, -0.1) is 0 Å². The van der Waals surface area contributed by atoms with Crippen LogP contribution in [0.5, 0.6) is 5.75 Å². The second kappa shape index (κ2) is 6.61. The lowest BCUT2D eigenvalue weighted by molar-refractivity contribution is 0.0509. The number of ether oxygens (including phenoxy) is 2. The van der Waals surface area contributed by atoms with Crippen LogP contribution in [0.1, 0.15) is 15.9 Å². The lowest BCUT2D eigenvalue weighted by atomic mass is 10.1. The van der Waals surface area contributed by atoms with Crippen molar-refractivity contribution in [2.75, 3.05) is 19.5 Å². The summed E-state index contributed by atoms with van der Waals surface area (Å²) in [5.41, 5.74) is 7.70. The van der Waals surface area contributed by atoms with Crippen molar-refractivity contribution in [3.63, 3.8) is 0 Å². The summed E-state index contributed by atoms with van der Waals surface area (Å²) in [6.07, 6.45) is 0.687. The van der Waals surface area contributed by atoms with Crippen LogP contribution >= 0.6 is 0 Å². The van der Waals surface area contributed by atoms with Gasteiger partial charge in [0.1, 0.15) is 5.75 Å². The number of methoxy groups -OCH3 is 1. The van der Waals surface area contributed by atoms with Gasteiger partial charge in [-0.1, -0.05) is 30.3 Å². The molecule has 0 unspecified atom stereocenters. The number of hydrogen-bond acceptors (Lipinski definition) is 4. The fourth-order valence-electron chi connectivity index (χ4n) is 1.85. The number of hydrogen-bond donors (Lipinski definition) is 1. The number of esters is 1. The SMILES string of the molecule is COc1cc(N)cc(C(=O)OCCc2ccccc2)c1. The summed E-state index contributed by atoms with van der Waals surface area (Å²) in [5.74, 6) is 0.145. The third-order valence-electron chi connectivity index (χ3n) is 2.87. The molecule has 0 saturated carbocycles. The Labute approximate surface area is 118 Å². The minimum atomic E-state index is -0.397. The third kappa shape index (κ3) is 3.75. The quantitative estimate of drug-likeness (QED) is 0.671. The number of anilines is 1. The predicted octanol–water partition coefficient (Wildman–Crippen LogP) is 2.68. The summed E-state index contributed by atoms with van der Waals surface area (Å²) in [7, 11) is 1.53. The molecule has 2 aromatic rings. The minimum absolute atomic E-state index is 0.333. The van der Waals surface area contributed by atoms with Crippen LogP contribution in [0, 0.1) is 0 Å². The predicted molar refractivity (Wildman–Crippen MR) is 77.8 cm³/mol. The highest BCUT2D eigenvalue weighted by molar-refractivity contribution is 5.91. The van der Waals surface area contributed by atoms with Crippen LogP contribution in [-0.4, -0.2) is 19.7 Å². The van der Waals surface area contributed by atoms with E-state index < -0.39 is 5.97 Å². The number of carbonyl (C=O) groups is 1. The van der Waals surface area contributed by atoms with Crippen LogP contribution in [0.25, 0.3) is 0 Å². The van der Waals surface area contributed by atoms with Gasteiger partial charge in [-0.05, 0) is 17.7 Å². The normalized spacial score (nSPS) is 10.1. The Morgan fingerprint density at radius 2 is 1.90 bits per heavy atom. The maximum Gasteiger partial charge on any atom is 0.338 e. The summed E-state index contributed by atoms with van der Waals surface area (Å²) in [4.78, 5) is 11.9. The molecular formula is C16H17NO3. The van der Waals surface area contributed by atoms with Gasteiger partial charge >= 0.3 is 5.97 Å². The number of nitrogens with two attached hydrogens (primary N) is 1. The number of nitrogen functional groups attached to an aromatic ring is 1. The first-order valence-corrected chi connectivity index (χ1v) is 6.34. The molecule has 0 aliphatic carbocycles. The molecule has 0 radical (unpaired) electrons. The largest absolute Gasteiger partial charge is 0.497 e. The maximum atomic E-state index is 11.9. The molecule has 20 heavy (non-hydrogen) atoms. The lowest BCUT2D eigenvalue weighted by Gasteiger charge is -2.07. The molecule has 0 heterocycles. The molecular weight excluding hydrogens is 254 g/mol. The first-order chi connectivity index (χ1) is 9.69. The average Bonchev–Trinajstić information content (AvgIpc) is 2.47. The van der Waals surface area contributed by atoms with Crippen LogP contribution < -0.4 is 10.5 Å². The fraction of sp³-hybridized carbons (Fsp3) is 0.188.